The number of hydrogen-bond donors (Lipinski definition) is 0. The fourth-order valence-corrected chi connectivity index (χ4v) is 7.16. The fraction of sp³-hybridized carbons (Fsp3) is 0.292. The molecule has 1 aromatic heterocycles. The molecule has 1 unspecified atom stereocenters. The molecule has 0 radical (unpaired) electrons. The number of piperidine rings is 1. The van der Waals surface area contributed by atoms with Crippen molar-refractivity contribution in [1.82, 2.24) is 9.21 Å². The van der Waals surface area contributed by atoms with Crippen molar-refractivity contribution < 1.29 is 13.2 Å². The number of carbonyl (C=O) groups excluding carboxylic acids is 1. The monoisotopic (exact) mass is 488 g/mol. The van der Waals surface area contributed by atoms with Gasteiger partial charge in [-0.25, -0.2) is 8.42 Å². The minimum absolute atomic E-state index is 0.0122. The summed E-state index contributed by atoms with van der Waals surface area (Å²) in [5, 5.41) is 0. The molecule has 0 spiro atoms. The Labute approximate surface area is 198 Å². The Kier molecular flexibility index (Phi) is 7.30. The van der Waals surface area contributed by atoms with E-state index in [1.165, 1.54) is 10.4 Å². The Bertz CT molecular complexity index is 1110. The van der Waals surface area contributed by atoms with Gasteiger partial charge in [-0.1, -0.05) is 72.3 Å². The topological polar surface area (TPSA) is 57.7 Å². The highest BCUT2D eigenvalue weighted by molar-refractivity contribution is 7.91. The Morgan fingerprint density at radius 2 is 1.56 bits per heavy atom. The molecule has 0 aliphatic carbocycles. The predicted molar refractivity (Wildman–Crippen MR) is 128 cm³/mol. The van der Waals surface area contributed by atoms with Crippen LogP contribution in [-0.2, 0) is 27.9 Å². The highest BCUT2D eigenvalue weighted by atomic mass is 35.5. The first-order valence-corrected chi connectivity index (χ1v) is 13.2. The van der Waals surface area contributed by atoms with E-state index in [-0.39, 0.29) is 22.6 Å². The van der Waals surface area contributed by atoms with E-state index in [4.69, 9.17) is 11.6 Å². The quantitative estimate of drug-likeness (QED) is 0.468. The van der Waals surface area contributed by atoms with Crippen LogP contribution in [0.2, 0.25) is 4.34 Å². The lowest BCUT2D eigenvalue weighted by molar-refractivity contribution is -0.138. The number of carbonyl (C=O) groups is 1. The molecule has 0 N–H and O–H groups in total. The summed E-state index contributed by atoms with van der Waals surface area (Å²) in [4.78, 5) is 15.4. The Morgan fingerprint density at radius 3 is 2.09 bits per heavy atom. The van der Waals surface area contributed by atoms with E-state index in [1.54, 1.807) is 6.07 Å². The summed E-state index contributed by atoms with van der Waals surface area (Å²) in [6, 6.07) is 22.9. The van der Waals surface area contributed by atoms with Crippen LogP contribution in [0.1, 0.15) is 24.0 Å². The van der Waals surface area contributed by atoms with Gasteiger partial charge in [-0.15, -0.1) is 11.3 Å². The molecule has 0 saturated carbocycles. The molecule has 3 aromatic rings. The first-order valence-electron chi connectivity index (χ1n) is 10.6. The third kappa shape index (κ3) is 5.41. The fourth-order valence-electron chi connectivity index (χ4n) is 4.00. The molecular weight excluding hydrogens is 464 g/mol. The number of halogens is 1. The number of hydrogen-bond acceptors (Lipinski definition) is 4. The lowest BCUT2D eigenvalue weighted by atomic mass is 9.97. The Morgan fingerprint density at radius 1 is 0.969 bits per heavy atom. The van der Waals surface area contributed by atoms with Crippen LogP contribution < -0.4 is 0 Å². The minimum atomic E-state index is -3.65. The van der Waals surface area contributed by atoms with Crippen molar-refractivity contribution in [2.24, 2.45) is 5.92 Å². The smallest absolute Gasteiger partial charge is 0.252 e. The third-order valence-corrected chi connectivity index (χ3v) is 9.18. The molecule has 1 atom stereocenters. The zero-order valence-corrected chi connectivity index (χ0v) is 20.0. The highest BCUT2D eigenvalue weighted by Crippen LogP contribution is 2.31. The van der Waals surface area contributed by atoms with Crippen molar-refractivity contribution in [2.45, 2.75) is 30.1 Å². The van der Waals surface area contributed by atoms with Crippen LogP contribution >= 0.6 is 22.9 Å². The summed E-state index contributed by atoms with van der Waals surface area (Å²) in [5.74, 6) is -0.386. The van der Waals surface area contributed by atoms with E-state index in [0.29, 0.717) is 36.8 Å². The number of amides is 1. The summed E-state index contributed by atoms with van der Waals surface area (Å²) in [6.45, 7) is 1.58. The van der Waals surface area contributed by atoms with Crippen molar-refractivity contribution >= 4 is 38.9 Å². The molecule has 1 aliphatic rings. The second-order valence-electron chi connectivity index (χ2n) is 7.93. The van der Waals surface area contributed by atoms with Crippen molar-refractivity contribution in [3.63, 3.8) is 0 Å². The molecule has 2 heterocycles. The molecule has 8 heteroatoms. The van der Waals surface area contributed by atoms with Crippen LogP contribution in [-0.4, -0.2) is 36.6 Å². The largest absolute Gasteiger partial charge is 0.334 e. The van der Waals surface area contributed by atoms with E-state index in [2.05, 4.69) is 0 Å². The van der Waals surface area contributed by atoms with Crippen molar-refractivity contribution in [2.75, 3.05) is 13.1 Å². The maximum atomic E-state index is 13.6. The van der Waals surface area contributed by atoms with Gasteiger partial charge in [0.1, 0.15) is 4.21 Å². The van der Waals surface area contributed by atoms with E-state index < -0.39 is 10.0 Å². The van der Waals surface area contributed by atoms with Gasteiger partial charge in [0, 0.05) is 26.2 Å². The average molecular weight is 489 g/mol. The predicted octanol–water partition coefficient (Wildman–Crippen LogP) is 5.03. The van der Waals surface area contributed by atoms with Crippen LogP contribution in [0, 0.1) is 5.92 Å². The third-order valence-electron chi connectivity index (χ3n) is 5.62. The number of thiophene rings is 1. The van der Waals surface area contributed by atoms with Gasteiger partial charge in [0.25, 0.3) is 10.0 Å². The number of sulfonamides is 1. The second kappa shape index (κ2) is 10.2. The molecule has 5 nitrogen and oxygen atoms in total. The maximum Gasteiger partial charge on any atom is 0.252 e. The van der Waals surface area contributed by atoms with Crippen molar-refractivity contribution in [1.29, 1.82) is 0 Å². The average Bonchev–Trinajstić information content (AvgIpc) is 3.27. The lowest BCUT2D eigenvalue weighted by Crippen LogP contribution is -2.46. The number of benzene rings is 2. The van der Waals surface area contributed by atoms with E-state index in [1.807, 2.05) is 65.6 Å². The Hall–Kier alpha value is -2.19. The van der Waals surface area contributed by atoms with Crippen molar-refractivity contribution in [3.05, 3.63) is 88.3 Å². The van der Waals surface area contributed by atoms with Gasteiger partial charge in [-0.05, 0) is 36.1 Å². The summed E-state index contributed by atoms with van der Waals surface area (Å²) >= 11 is 7.00. The lowest BCUT2D eigenvalue weighted by Gasteiger charge is -2.34. The highest BCUT2D eigenvalue weighted by Gasteiger charge is 2.35. The van der Waals surface area contributed by atoms with Gasteiger partial charge in [-0.3, -0.25) is 4.79 Å². The molecule has 1 fully saturated rings. The molecule has 4 rings (SSSR count). The first-order chi connectivity index (χ1) is 15.4. The van der Waals surface area contributed by atoms with Crippen LogP contribution in [0.25, 0.3) is 0 Å². The van der Waals surface area contributed by atoms with Crippen LogP contribution in [0.15, 0.2) is 77.0 Å². The zero-order chi connectivity index (χ0) is 22.6. The molecule has 32 heavy (non-hydrogen) atoms. The van der Waals surface area contributed by atoms with Gasteiger partial charge >= 0.3 is 0 Å². The Balaban J connectivity index is 1.54. The van der Waals surface area contributed by atoms with Gasteiger partial charge in [0.2, 0.25) is 5.91 Å². The maximum absolute atomic E-state index is 13.6. The standard InChI is InChI=1S/C24H25ClN2O3S2/c25-22-13-14-23(31-22)32(29,30)27-15-7-12-21(18-27)24(28)26(16-19-8-3-1-4-9-19)17-20-10-5-2-6-11-20/h1-6,8-11,13-14,21H,7,12,15-18H2. The number of nitrogens with zero attached hydrogens (tertiary/aromatic N) is 2. The van der Waals surface area contributed by atoms with Gasteiger partial charge in [0.05, 0.1) is 10.3 Å². The SMILES string of the molecule is O=C(C1CCCN(S(=O)(=O)c2ccc(Cl)s2)C1)N(Cc1ccccc1)Cc1ccccc1. The van der Waals surface area contributed by atoms with Crippen LogP contribution in [0.3, 0.4) is 0 Å². The van der Waals surface area contributed by atoms with Gasteiger partial charge in [0.15, 0.2) is 0 Å². The summed E-state index contributed by atoms with van der Waals surface area (Å²) in [5.41, 5.74) is 2.09. The van der Waals surface area contributed by atoms with Gasteiger partial charge in [-0.2, -0.15) is 4.31 Å². The zero-order valence-electron chi connectivity index (χ0n) is 17.6. The first kappa shape index (κ1) is 23.0. The molecular formula is C24H25ClN2O3S2. The van der Waals surface area contributed by atoms with E-state index in [9.17, 15) is 13.2 Å². The molecule has 1 amide bonds. The van der Waals surface area contributed by atoms with Gasteiger partial charge < -0.3 is 4.90 Å². The molecule has 1 saturated heterocycles. The normalized spacial score (nSPS) is 17.2. The summed E-state index contributed by atoms with van der Waals surface area (Å²) in [6.07, 6.45) is 1.33. The van der Waals surface area contributed by atoms with E-state index >= 15 is 0 Å². The minimum Gasteiger partial charge on any atom is -0.334 e. The molecule has 1 aliphatic heterocycles. The molecule has 0 bridgehead atoms. The number of rotatable bonds is 7. The van der Waals surface area contributed by atoms with Crippen LogP contribution in [0.5, 0.6) is 0 Å². The van der Waals surface area contributed by atoms with Crippen LogP contribution in [0.4, 0.5) is 0 Å². The second-order valence-corrected chi connectivity index (χ2v) is 11.8. The molecule has 168 valence electrons. The van der Waals surface area contributed by atoms with Crippen molar-refractivity contribution in [3.8, 4) is 0 Å². The molecule has 2 aromatic carbocycles. The van der Waals surface area contributed by atoms with E-state index in [0.717, 1.165) is 22.5 Å². The summed E-state index contributed by atoms with van der Waals surface area (Å²) in [7, 11) is -3.65. The summed E-state index contributed by atoms with van der Waals surface area (Å²) < 4.78 is 28.2.